The molecule has 0 radical (unpaired) electrons. The predicted octanol–water partition coefficient (Wildman–Crippen LogP) is 4.54. The SMILES string of the molecule is O=C(CCc1ccc(S(=O)(=O)c2cc(F)cc(C(F)(F)F)c2)cc1)c1cnc2nccn2c1. The summed E-state index contributed by atoms with van der Waals surface area (Å²) in [6.07, 6.45) is 1.80. The molecule has 4 aromatic rings. The van der Waals surface area contributed by atoms with Crippen LogP contribution >= 0.6 is 0 Å². The van der Waals surface area contributed by atoms with E-state index in [1.807, 2.05) is 0 Å². The van der Waals surface area contributed by atoms with Crippen LogP contribution in [0, 0.1) is 5.82 Å². The number of hydrogen-bond acceptors (Lipinski definition) is 5. The zero-order valence-corrected chi connectivity index (χ0v) is 17.6. The predicted molar refractivity (Wildman–Crippen MR) is 109 cm³/mol. The Morgan fingerprint density at radius 3 is 2.42 bits per heavy atom. The second-order valence-corrected chi connectivity index (χ2v) is 9.17. The van der Waals surface area contributed by atoms with Gasteiger partial charge in [0.1, 0.15) is 5.82 Å². The van der Waals surface area contributed by atoms with Crippen LogP contribution in [0.4, 0.5) is 17.6 Å². The zero-order valence-electron chi connectivity index (χ0n) is 16.8. The van der Waals surface area contributed by atoms with Crippen LogP contribution in [-0.2, 0) is 22.4 Å². The van der Waals surface area contributed by atoms with Crippen molar-refractivity contribution in [2.24, 2.45) is 0 Å². The average Bonchev–Trinajstić information content (AvgIpc) is 3.24. The van der Waals surface area contributed by atoms with Crippen LogP contribution in [0.15, 0.2) is 77.0 Å². The summed E-state index contributed by atoms with van der Waals surface area (Å²) in [6.45, 7) is 0. The summed E-state index contributed by atoms with van der Waals surface area (Å²) in [5.41, 5.74) is -0.347. The Morgan fingerprint density at radius 1 is 1.00 bits per heavy atom. The highest BCUT2D eigenvalue weighted by Crippen LogP contribution is 2.33. The van der Waals surface area contributed by atoms with Gasteiger partial charge in [0, 0.05) is 31.2 Å². The Kier molecular flexibility index (Phi) is 5.75. The van der Waals surface area contributed by atoms with Crippen molar-refractivity contribution in [3.63, 3.8) is 0 Å². The lowest BCUT2D eigenvalue weighted by Gasteiger charge is -2.11. The number of imidazole rings is 1. The van der Waals surface area contributed by atoms with Gasteiger partial charge in [0.2, 0.25) is 15.6 Å². The van der Waals surface area contributed by atoms with Crippen molar-refractivity contribution in [3.05, 3.63) is 89.8 Å². The van der Waals surface area contributed by atoms with Gasteiger partial charge in [-0.3, -0.25) is 9.20 Å². The molecule has 2 aromatic carbocycles. The van der Waals surface area contributed by atoms with Crippen LogP contribution < -0.4 is 0 Å². The van der Waals surface area contributed by atoms with E-state index in [1.54, 1.807) is 23.0 Å². The maximum Gasteiger partial charge on any atom is 0.416 e. The Morgan fingerprint density at radius 2 is 1.73 bits per heavy atom. The molecule has 0 bridgehead atoms. The molecule has 0 saturated heterocycles. The molecule has 11 heteroatoms. The first-order valence-electron chi connectivity index (χ1n) is 9.58. The largest absolute Gasteiger partial charge is 0.416 e. The van der Waals surface area contributed by atoms with Crippen molar-refractivity contribution in [1.82, 2.24) is 14.4 Å². The highest BCUT2D eigenvalue weighted by Gasteiger charge is 2.33. The summed E-state index contributed by atoms with van der Waals surface area (Å²) in [7, 11) is -4.37. The van der Waals surface area contributed by atoms with Gasteiger partial charge in [0.05, 0.1) is 20.9 Å². The fraction of sp³-hybridized carbons (Fsp3) is 0.136. The number of alkyl halides is 3. The minimum atomic E-state index is -4.89. The lowest BCUT2D eigenvalue weighted by Crippen LogP contribution is -2.09. The summed E-state index contributed by atoms with van der Waals surface area (Å²) in [5, 5.41) is 0. The molecule has 0 N–H and O–H groups in total. The van der Waals surface area contributed by atoms with Crippen LogP contribution in [0.2, 0.25) is 0 Å². The number of benzene rings is 2. The maximum atomic E-state index is 13.6. The number of aromatic nitrogens is 3. The van der Waals surface area contributed by atoms with Crippen molar-refractivity contribution in [2.45, 2.75) is 28.8 Å². The van der Waals surface area contributed by atoms with Gasteiger partial charge in [-0.25, -0.2) is 22.8 Å². The molecule has 0 amide bonds. The second-order valence-electron chi connectivity index (χ2n) is 7.22. The molecule has 0 fully saturated rings. The molecule has 0 unspecified atom stereocenters. The Labute approximate surface area is 185 Å². The summed E-state index contributed by atoms with van der Waals surface area (Å²) in [5.74, 6) is -1.01. The number of carbonyl (C=O) groups is 1. The van der Waals surface area contributed by atoms with Crippen LogP contribution in [0.1, 0.15) is 27.9 Å². The smallest absolute Gasteiger partial charge is 0.294 e. The van der Waals surface area contributed by atoms with Gasteiger partial charge in [0.15, 0.2) is 5.78 Å². The molecule has 0 saturated carbocycles. The van der Waals surface area contributed by atoms with E-state index in [-0.39, 0.29) is 23.2 Å². The number of hydrogen-bond donors (Lipinski definition) is 0. The van der Waals surface area contributed by atoms with E-state index in [0.29, 0.717) is 35.5 Å². The quantitative estimate of drug-likeness (QED) is 0.301. The molecule has 0 aliphatic rings. The van der Waals surface area contributed by atoms with Gasteiger partial charge in [0.25, 0.3) is 0 Å². The summed E-state index contributed by atoms with van der Waals surface area (Å²) in [4.78, 5) is 19.4. The fourth-order valence-corrected chi connectivity index (χ4v) is 4.53. The standard InChI is InChI=1S/C22H15F4N3O3S/c23-17-9-16(22(24,25)26)10-19(11-17)33(31,32)18-4-1-14(2-5-18)3-6-20(30)15-12-28-21-27-7-8-29(21)13-15/h1-2,4-5,7-13H,3,6H2. The molecule has 2 heterocycles. The third-order valence-electron chi connectivity index (χ3n) is 4.95. The number of aryl methyl sites for hydroxylation is 1. The molecule has 4 rings (SSSR count). The molecule has 0 aliphatic heterocycles. The van der Waals surface area contributed by atoms with E-state index >= 15 is 0 Å². The third kappa shape index (κ3) is 4.77. The summed E-state index contributed by atoms with van der Waals surface area (Å²) < 4.78 is 79.5. The van der Waals surface area contributed by atoms with Gasteiger partial charge in [-0.05, 0) is 42.3 Å². The molecule has 0 spiro atoms. The first-order valence-corrected chi connectivity index (χ1v) is 11.1. The van der Waals surface area contributed by atoms with Gasteiger partial charge in [-0.1, -0.05) is 12.1 Å². The van der Waals surface area contributed by atoms with Crippen LogP contribution in [0.5, 0.6) is 0 Å². The Balaban J connectivity index is 1.49. The van der Waals surface area contributed by atoms with Crippen molar-refractivity contribution in [1.29, 1.82) is 0 Å². The topological polar surface area (TPSA) is 81.4 Å². The van der Waals surface area contributed by atoms with E-state index in [9.17, 15) is 30.8 Å². The van der Waals surface area contributed by atoms with Crippen molar-refractivity contribution in [3.8, 4) is 0 Å². The first-order chi connectivity index (χ1) is 15.5. The van der Waals surface area contributed by atoms with Gasteiger partial charge >= 0.3 is 6.18 Å². The van der Waals surface area contributed by atoms with E-state index in [1.165, 1.54) is 30.5 Å². The molecular formula is C22H15F4N3O3S. The molecule has 0 atom stereocenters. The number of Topliss-reactive ketones (excluding diaryl/α,β-unsaturated/α-hetero) is 1. The normalized spacial score (nSPS) is 12.2. The number of sulfone groups is 1. The maximum absolute atomic E-state index is 13.6. The number of rotatable bonds is 6. The van der Waals surface area contributed by atoms with Gasteiger partial charge < -0.3 is 0 Å². The molecule has 6 nitrogen and oxygen atoms in total. The van der Waals surface area contributed by atoms with Crippen LogP contribution in [0.3, 0.4) is 0 Å². The van der Waals surface area contributed by atoms with Gasteiger partial charge in [-0.15, -0.1) is 0 Å². The molecular weight excluding hydrogens is 462 g/mol. The van der Waals surface area contributed by atoms with E-state index in [2.05, 4.69) is 9.97 Å². The third-order valence-corrected chi connectivity index (χ3v) is 6.70. The molecule has 170 valence electrons. The van der Waals surface area contributed by atoms with Crippen molar-refractivity contribution >= 4 is 21.4 Å². The lowest BCUT2D eigenvalue weighted by molar-refractivity contribution is -0.137. The Hall–Kier alpha value is -3.60. The van der Waals surface area contributed by atoms with E-state index < -0.39 is 32.3 Å². The number of fused-ring (bicyclic) bond motifs is 1. The first kappa shape index (κ1) is 22.6. The van der Waals surface area contributed by atoms with Crippen LogP contribution in [0.25, 0.3) is 5.78 Å². The number of ketones is 1. The summed E-state index contributed by atoms with van der Waals surface area (Å²) in [6, 6.07) is 6.53. The average molecular weight is 477 g/mol. The summed E-state index contributed by atoms with van der Waals surface area (Å²) >= 11 is 0. The van der Waals surface area contributed by atoms with E-state index in [4.69, 9.17) is 0 Å². The zero-order chi connectivity index (χ0) is 23.8. The monoisotopic (exact) mass is 477 g/mol. The molecule has 2 aromatic heterocycles. The highest BCUT2D eigenvalue weighted by atomic mass is 32.2. The lowest BCUT2D eigenvalue weighted by atomic mass is 10.0. The second kappa shape index (κ2) is 8.39. The number of halogens is 4. The number of carbonyl (C=O) groups excluding carboxylic acids is 1. The minimum absolute atomic E-state index is 0.132. The van der Waals surface area contributed by atoms with E-state index in [0.717, 1.165) is 0 Å². The highest BCUT2D eigenvalue weighted by molar-refractivity contribution is 7.91. The van der Waals surface area contributed by atoms with Gasteiger partial charge in [-0.2, -0.15) is 13.2 Å². The molecule has 33 heavy (non-hydrogen) atoms. The van der Waals surface area contributed by atoms with Crippen LogP contribution in [-0.4, -0.2) is 28.6 Å². The Bertz CT molecular complexity index is 1450. The minimum Gasteiger partial charge on any atom is -0.294 e. The van der Waals surface area contributed by atoms with Crippen molar-refractivity contribution in [2.75, 3.05) is 0 Å². The fourth-order valence-electron chi connectivity index (χ4n) is 3.22. The van der Waals surface area contributed by atoms with Crippen molar-refractivity contribution < 1.29 is 30.8 Å². The molecule has 0 aliphatic carbocycles. The number of nitrogens with zero attached hydrogens (tertiary/aromatic N) is 3.